The molecule has 2 heterocycles. The summed E-state index contributed by atoms with van der Waals surface area (Å²) in [5.41, 5.74) is 5.27. The summed E-state index contributed by atoms with van der Waals surface area (Å²) in [5.74, 6) is 1.08. The molecule has 0 unspecified atom stereocenters. The monoisotopic (exact) mass is 519 g/mol. The fourth-order valence-corrected chi connectivity index (χ4v) is 5.19. The maximum Gasteiger partial charge on any atom is 0.364 e. The maximum absolute atomic E-state index is 12.6. The van der Waals surface area contributed by atoms with E-state index in [0.717, 1.165) is 47.6 Å². The number of carbonyl (C=O) groups is 1. The molecule has 1 aliphatic carbocycles. The van der Waals surface area contributed by atoms with E-state index in [0.29, 0.717) is 18.3 Å². The number of methoxy groups -OCH3 is 1. The number of hydrogen-bond donors (Lipinski definition) is 0. The summed E-state index contributed by atoms with van der Waals surface area (Å²) >= 11 is 1.54. The van der Waals surface area contributed by atoms with E-state index in [-0.39, 0.29) is 18.4 Å². The minimum atomic E-state index is -0.525. The average Bonchev–Trinajstić information content (AvgIpc) is 3.61. The van der Waals surface area contributed by atoms with Gasteiger partial charge in [0, 0.05) is 5.56 Å². The molecule has 37 heavy (non-hydrogen) atoms. The third kappa shape index (κ3) is 5.80. The highest BCUT2D eigenvalue weighted by Crippen LogP contribution is 2.36. The predicted molar refractivity (Wildman–Crippen MR) is 139 cm³/mol. The van der Waals surface area contributed by atoms with Gasteiger partial charge in [-0.25, -0.2) is 9.48 Å². The quantitative estimate of drug-likeness (QED) is 0.280. The predicted octanol–water partition coefficient (Wildman–Crippen LogP) is 5.14. The zero-order chi connectivity index (χ0) is 25.6. The molecule has 4 aromatic rings. The van der Waals surface area contributed by atoms with Crippen molar-refractivity contribution in [2.24, 2.45) is 0 Å². The van der Waals surface area contributed by atoms with Crippen LogP contribution in [0.25, 0.3) is 10.6 Å². The lowest BCUT2D eigenvalue weighted by atomic mass is 9.82. The standard InChI is InChI=1S/C27H29N5O4S/c1-3-35-27(33)24-26(32(31-29-24)16-18-4-12-22(34-2)13-5-18)36-23-14-10-20(11-15-23)19-6-8-21(9-7-19)25-30-28-17-37-25/h4-9,12-13,17,20,23H,3,10-11,14-16H2,1-2H3/t20-,23-. The Morgan fingerprint density at radius 2 is 1.78 bits per heavy atom. The molecule has 0 amide bonds. The van der Waals surface area contributed by atoms with Crippen molar-refractivity contribution >= 4 is 17.3 Å². The van der Waals surface area contributed by atoms with Gasteiger partial charge in [0.05, 0.1) is 20.3 Å². The van der Waals surface area contributed by atoms with Crippen molar-refractivity contribution in [3.05, 3.63) is 70.9 Å². The van der Waals surface area contributed by atoms with E-state index < -0.39 is 5.97 Å². The number of aromatic nitrogens is 5. The Morgan fingerprint density at radius 1 is 1.03 bits per heavy atom. The first kappa shape index (κ1) is 24.9. The highest BCUT2D eigenvalue weighted by molar-refractivity contribution is 7.12. The number of esters is 1. The van der Waals surface area contributed by atoms with E-state index in [2.05, 4.69) is 44.8 Å². The van der Waals surface area contributed by atoms with Crippen LogP contribution in [0.5, 0.6) is 11.6 Å². The molecule has 0 atom stereocenters. The molecule has 5 rings (SSSR count). The molecule has 1 saturated carbocycles. The third-order valence-electron chi connectivity index (χ3n) is 6.59. The maximum atomic E-state index is 12.6. The molecule has 0 N–H and O–H groups in total. The van der Waals surface area contributed by atoms with Crippen LogP contribution in [0.15, 0.2) is 54.0 Å². The topological polar surface area (TPSA) is 101 Å². The number of rotatable bonds is 9. The smallest absolute Gasteiger partial charge is 0.364 e. The summed E-state index contributed by atoms with van der Waals surface area (Å²) in [5, 5.41) is 17.3. The molecular formula is C27H29N5O4S. The minimum absolute atomic E-state index is 0.0294. The molecule has 10 heteroatoms. The molecule has 2 aromatic heterocycles. The number of carbonyl (C=O) groups excluding carboxylic acids is 1. The number of ether oxygens (including phenoxy) is 3. The van der Waals surface area contributed by atoms with Gasteiger partial charge < -0.3 is 14.2 Å². The number of hydrogen-bond acceptors (Lipinski definition) is 9. The summed E-state index contributed by atoms with van der Waals surface area (Å²) < 4.78 is 18.5. The van der Waals surface area contributed by atoms with Crippen LogP contribution in [0.2, 0.25) is 0 Å². The minimum Gasteiger partial charge on any atom is -0.497 e. The van der Waals surface area contributed by atoms with Gasteiger partial charge in [0.2, 0.25) is 11.6 Å². The Hall–Kier alpha value is -3.79. The van der Waals surface area contributed by atoms with Crippen LogP contribution in [0.3, 0.4) is 0 Å². The van der Waals surface area contributed by atoms with E-state index in [4.69, 9.17) is 14.2 Å². The van der Waals surface area contributed by atoms with Crippen LogP contribution in [-0.4, -0.2) is 51.0 Å². The van der Waals surface area contributed by atoms with Crippen molar-refractivity contribution in [3.8, 4) is 22.2 Å². The highest BCUT2D eigenvalue weighted by atomic mass is 32.1. The Labute approximate surface area is 219 Å². The van der Waals surface area contributed by atoms with Gasteiger partial charge in [-0.3, -0.25) is 0 Å². The van der Waals surface area contributed by atoms with Gasteiger partial charge in [-0.1, -0.05) is 52.9 Å². The zero-order valence-electron chi connectivity index (χ0n) is 20.9. The summed E-state index contributed by atoms with van der Waals surface area (Å²) in [4.78, 5) is 12.6. The Bertz CT molecular complexity index is 1300. The molecule has 0 aliphatic heterocycles. The van der Waals surface area contributed by atoms with Gasteiger partial charge in [-0.2, -0.15) is 0 Å². The van der Waals surface area contributed by atoms with Gasteiger partial charge in [-0.15, -0.1) is 15.3 Å². The first-order valence-corrected chi connectivity index (χ1v) is 13.3. The second-order valence-electron chi connectivity index (χ2n) is 8.93. The molecule has 9 nitrogen and oxygen atoms in total. The lowest BCUT2D eigenvalue weighted by molar-refractivity contribution is 0.0507. The molecule has 2 aromatic carbocycles. The van der Waals surface area contributed by atoms with Crippen molar-refractivity contribution < 1.29 is 19.0 Å². The lowest BCUT2D eigenvalue weighted by Crippen LogP contribution is -2.25. The van der Waals surface area contributed by atoms with Crippen molar-refractivity contribution in [1.29, 1.82) is 0 Å². The number of nitrogens with zero attached hydrogens (tertiary/aromatic N) is 5. The van der Waals surface area contributed by atoms with Crippen LogP contribution in [0.4, 0.5) is 0 Å². The molecule has 0 spiro atoms. The SMILES string of the molecule is CCOC(=O)c1nnn(Cc2ccc(OC)cc2)c1O[C@H]1CC[C@H](c2ccc(-c3nncs3)cc2)CC1. The van der Waals surface area contributed by atoms with E-state index in [1.54, 1.807) is 24.2 Å². The van der Waals surface area contributed by atoms with Gasteiger partial charge in [-0.05, 0) is 61.8 Å². The van der Waals surface area contributed by atoms with Crippen molar-refractivity contribution in [2.75, 3.05) is 13.7 Å². The Balaban J connectivity index is 1.26. The fraction of sp³-hybridized carbons (Fsp3) is 0.370. The van der Waals surface area contributed by atoms with Crippen LogP contribution >= 0.6 is 11.3 Å². The molecule has 0 bridgehead atoms. The second-order valence-corrected chi connectivity index (χ2v) is 9.76. The van der Waals surface area contributed by atoms with Crippen LogP contribution < -0.4 is 9.47 Å². The first-order chi connectivity index (χ1) is 18.1. The second kappa shape index (κ2) is 11.5. The number of benzene rings is 2. The van der Waals surface area contributed by atoms with Crippen molar-refractivity contribution in [3.63, 3.8) is 0 Å². The van der Waals surface area contributed by atoms with Gasteiger partial charge in [0.1, 0.15) is 22.4 Å². The normalized spacial score (nSPS) is 17.4. The first-order valence-electron chi connectivity index (χ1n) is 12.4. The molecule has 192 valence electrons. The van der Waals surface area contributed by atoms with Crippen LogP contribution in [-0.2, 0) is 11.3 Å². The van der Waals surface area contributed by atoms with Gasteiger partial charge in [0.15, 0.2) is 0 Å². The van der Waals surface area contributed by atoms with E-state index in [1.807, 2.05) is 24.3 Å². The molecule has 0 saturated heterocycles. The summed E-state index contributed by atoms with van der Waals surface area (Å²) in [6.45, 7) is 2.44. The van der Waals surface area contributed by atoms with E-state index >= 15 is 0 Å². The lowest BCUT2D eigenvalue weighted by Gasteiger charge is -2.29. The molecule has 0 radical (unpaired) electrons. The third-order valence-corrected chi connectivity index (χ3v) is 7.33. The molecule has 1 fully saturated rings. The van der Waals surface area contributed by atoms with Crippen LogP contribution in [0.1, 0.15) is 60.1 Å². The van der Waals surface area contributed by atoms with E-state index in [1.165, 1.54) is 16.9 Å². The summed E-state index contributed by atoms with van der Waals surface area (Å²) in [7, 11) is 1.63. The van der Waals surface area contributed by atoms with Crippen molar-refractivity contribution in [2.45, 2.75) is 51.2 Å². The average molecular weight is 520 g/mol. The van der Waals surface area contributed by atoms with Gasteiger partial charge in [0.25, 0.3) is 0 Å². The highest BCUT2D eigenvalue weighted by Gasteiger charge is 2.29. The fourth-order valence-electron chi connectivity index (χ4n) is 4.62. The molecule has 1 aliphatic rings. The molecular weight excluding hydrogens is 490 g/mol. The van der Waals surface area contributed by atoms with Crippen molar-refractivity contribution in [1.82, 2.24) is 25.2 Å². The van der Waals surface area contributed by atoms with E-state index in [9.17, 15) is 4.79 Å². The largest absolute Gasteiger partial charge is 0.497 e. The zero-order valence-corrected chi connectivity index (χ0v) is 21.7. The van der Waals surface area contributed by atoms with Gasteiger partial charge >= 0.3 is 5.97 Å². The Morgan fingerprint density at radius 3 is 2.43 bits per heavy atom. The Kier molecular flexibility index (Phi) is 7.74. The van der Waals surface area contributed by atoms with Crippen LogP contribution in [0, 0.1) is 0 Å². The summed E-state index contributed by atoms with van der Waals surface area (Å²) in [6.07, 6.45) is 3.71. The summed E-state index contributed by atoms with van der Waals surface area (Å²) in [6, 6.07) is 16.3.